The summed E-state index contributed by atoms with van der Waals surface area (Å²) >= 11 is 6.97. The fourth-order valence-electron chi connectivity index (χ4n) is 1.42. The Bertz CT molecular complexity index is 460. The third-order valence-electron chi connectivity index (χ3n) is 2.20. The highest BCUT2D eigenvalue weighted by atomic mass is 79.9. The minimum Gasteiger partial charge on any atom is -1.00 e. The van der Waals surface area contributed by atoms with Crippen molar-refractivity contribution >= 4 is 31.9 Å². The van der Waals surface area contributed by atoms with Gasteiger partial charge in [-0.1, -0.05) is 31.9 Å². The summed E-state index contributed by atoms with van der Waals surface area (Å²) in [5.41, 5.74) is 1.14. The standard InChI is InChI=1S/C11H11Br2N2.BrH/c1-2-14-3-4-15(8-14)11-6-9(12)5-10(13)7-11;/h3-8H,2H2,1H3;1H/q+1;/p-1. The molecule has 0 spiro atoms. The molecule has 0 aliphatic carbocycles. The van der Waals surface area contributed by atoms with E-state index >= 15 is 0 Å². The third kappa shape index (κ3) is 3.18. The maximum absolute atomic E-state index is 3.48. The molecular formula is C11H11Br3N2. The first-order valence-corrected chi connectivity index (χ1v) is 6.31. The van der Waals surface area contributed by atoms with Crippen molar-refractivity contribution in [1.29, 1.82) is 0 Å². The van der Waals surface area contributed by atoms with E-state index in [1.165, 1.54) is 0 Å². The number of rotatable bonds is 2. The molecule has 0 radical (unpaired) electrons. The highest BCUT2D eigenvalue weighted by Crippen LogP contribution is 2.22. The van der Waals surface area contributed by atoms with Crippen LogP contribution in [0.25, 0.3) is 5.69 Å². The lowest BCUT2D eigenvalue weighted by atomic mass is 10.3. The van der Waals surface area contributed by atoms with Crippen LogP contribution in [0.1, 0.15) is 6.92 Å². The van der Waals surface area contributed by atoms with Crippen LogP contribution < -0.4 is 21.5 Å². The zero-order valence-electron chi connectivity index (χ0n) is 8.70. The molecule has 2 rings (SSSR count). The van der Waals surface area contributed by atoms with E-state index in [1.807, 2.05) is 6.07 Å². The summed E-state index contributed by atoms with van der Waals surface area (Å²) in [5.74, 6) is 0. The predicted molar refractivity (Wildman–Crippen MR) is 67.0 cm³/mol. The summed E-state index contributed by atoms with van der Waals surface area (Å²) in [6.07, 6.45) is 6.20. The van der Waals surface area contributed by atoms with E-state index in [0.717, 1.165) is 21.2 Å². The van der Waals surface area contributed by atoms with Crippen LogP contribution in [0.4, 0.5) is 0 Å². The van der Waals surface area contributed by atoms with Gasteiger partial charge in [0, 0.05) is 8.95 Å². The molecule has 86 valence electrons. The first-order chi connectivity index (χ1) is 7.19. The fraction of sp³-hybridized carbons (Fsp3) is 0.182. The van der Waals surface area contributed by atoms with E-state index in [-0.39, 0.29) is 17.0 Å². The van der Waals surface area contributed by atoms with Gasteiger partial charge in [0.25, 0.3) is 0 Å². The van der Waals surface area contributed by atoms with E-state index in [4.69, 9.17) is 0 Å². The van der Waals surface area contributed by atoms with Crippen LogP contribution in [-0.4, -0.2) is 4.57 Å². The van der Waals surface area contributed by atoms with Crippen LogP contribution in [-0.2, 0) is 6.54 Å². The molecule has 1 aromatic carbocycles. The molecule has 0 unspecified atom stereocenters. The fourth-order valence-corrected chi connectivity index (χ4v) is 2.69. The van der Waals surface area contributed by atoms with Gasteiger partial charge in [0.1, 0.15) is 18.1 Å². The Balaban J connectivity index is 0.00000128. The summed E-state index contributed by atoms with van der Waals surface area (Å²) in [4.78, 5) is 0. The molecule has 0 saturated heterocycles. The normalized spacial score (nSPS) is 9.94. The van der Waals surface area contributed by atoms with Gasteiger partial charge >= 0.3 is 0 Å². The van der Waals surface area contributed by atoms with Crippen molar-refractivity contribution in [2.24, 2.45) is 0 Å². The van der Waals surface area contributed by atoms with E-state index in [0.29, 0.717) is 0 Å². The molecule has 0 saturated carbocycles. The number of hydrogen-bond acceptors (Lipinski definition) is 0. The van der Waals surface area contributed by atoms with Crippen LogP contribution >= 0.6 is 31.9 Å². The molecule has 0 amide bonds. The number of aryl methyl sites for hydroxylation is 1. The lowest BCUT2D eigenvalue weighted by Gasteiger charge is -1.98. The molecule has 2 aromatic rings. The first-order valence-electron chi connectivity index (χ1n) is 4.72. The Morgan fingerprint density at radius 2 is 1.81 bits per heavy atom. The van der Waals surface area contributed by atoms with Gasteiger partial charge in [-0.2, -0.15) is 0 Å². The number of aromatic nitrogens is 2. The predicted octanol–water partition coefficient (Wildman–Crippen LogP) is 0.314. The molecule has 0 aliphatic rings. The molecule has 0 atom stereocenters. The maximum atomic E-state index is 3.48. The second-order valence-corrected chi connectivity index (χ2v) is 5.11. The summed E-state index contributed by atoms with van der Waals surface area (Å²) in [7, 11) is 0. The van der Waals surface area contributed by atoms with Crippen molar-refractivity contribution in [2.75, 3.05) is 0 Å². The van der Waals surface area contributed by atoms with Crippen molar-refractivity contribution in [3.8, 4) is 5.69 Å². The second kappa shape index (κ2) is 5.98. The molecule has 0 aliphatic heterocycles. The van der Waals surface area contributed by atoms with E-state index < -0.39 is 0 Å². The van der Waals surface area contributed by atoms with Crippen LogP contribution in [0.2, 0.25) is 0 Å². The maximum Gasteiger partial charge on any atom is 0.248 e. The molecule has 1 aromatic heterocycles. The number of halogens is 3. The Kier molecular flexibility index (Phi) is 5.21. The van der Waals surface area contributed by atoms with Crippen LogP contribution in [0.15, 0.2) is 45.9 Å². The number of benzene rings is 1. The molecule has 5 heteroatoms. The van der Waals surface area contributed by atoms with Gasteiger partial charge in [0.2, 0.25) is 6.33 Å². The summed E-state index contributed by atoms with van der Waals surface area (Å²) in [5, 5.41) is 0. The van der Waals surface area contributed by atoms with Gasteiger partial charge in [-0.3, -0.25) is 0 Å². The van der Waals surface area contributed by atoms with Gasteiger partial charge in [-0.15, -0.1) is 0 Å². The highest BCUT2D eigenvalue weighted by Gasteiger charge is 2.06. The Morgan fingerprint density at radius 3 is 2.31 bits per heavy atom. The van der Waals surface area contributed by atoms with Crippen LogP contribution in [0.3, 0.4) is 0 Å². The lowest BCUT2D eigenvalue weighted by Crippen LogP contribution is -3.00. The minimum absolute atomic E-state index is 0. The van der Waals surface area contributed by atoms with Crippen molar-refractivity contribution in [1.82, 2.24) is 4.57 Å². The van der Waals surface area contributed by atoms with Crippen molar-refractivity contribution in [3.63, 3.8) is 0 Å². The molecule has 0 N–H and O–H groups in total. The Hall–Kier alpha value is -0.130. The lowest BCUT2D eigenvalue weighted by molar-refractivity contribution is -0.692. The van der Waals surface area contributed by atoms with E-state index in [9.17, 15) is 0 Å². The molecule has 1 heterocycles. The monoisotopic (exact) mass is 408 g/mol. The number of hydrogen-bond donors (Lipinski definition) is 0. The van der Waals surface area contributed by atoms with E-state index in [1.54, 1.807) is 0 Å². The van der Waals surface area contributed by atoms with Crippen molar-refractivity contribution in [3.05, 3.63) is 45.9 Å². The van der Waals surface area contributed by atoms with Crippen LogP contribution in [0, 0.1) is 0 Å². The minimum atomic E-state index is 0. The summed E-state index contributed by atoms with van der Waals surface area (Å²) < 4.78 is 6.38. The smallest absolute Gasteiger partial charge is 0.248 e. The highest BCUT2D eigenvalue weighted by molar-refractivity contribution is 9.11. The number of imidazole rings is 1. The first kappa shape index (κ1) is 13.9. The SMILES string of the molecule is CC[n+]1ccn(-c2cc(Br)cc(Br)c2)c1.[Br-]. The van der Waals surface area contributed by atoms with Crippen LogP contribution in [0.5, 0.6) is 0 Å². The Morgan fingerprint density at radius 1 is 1.19 bits per heavy atom. The van der Waals surface area contributed by atoms with Gasteiger partial charge < -0.3 is 17.0 Å². The quantitative estimate of drug-likeness (QED) is 0.630. The topological polar surface area (TPSA) is 8.81 Å². The van der Waals surface area contributed by atoms with Crippen molar-refractivity contribution in [2.45, 2.75) is 13.5 Å². The molecule has 0 bridgehead atoms. The average molecular weight is 411 g/mol. The largest absolute Gasteiger partial charge is 1.00 e. The van der Waals surface area contributed by atoms with Gasteiger partial charge in [0.05, 0.1) is 6.54 Å². The van der Waals surface area contributed by atoms with Gasteiger partial charge in [-0.25, -0.2) is 9.13 Å². The summed E-state index contributed by atoms with van der Waals surface area (Å²) in [6.45, 7) is 3.11. The molecular weight excluding hydrogens is 400 g/mol. The average Bonchev–Trinajstić information content (AvgIpc) is 2.64. The summed E-state index contributed by atoms with van der Waals surface area (Å²) in [6, 6.07) is 6.20. The molecule has 2 nitrogen and oxygen atoms in total. The second-order valence-electron chi connectivity index (χ2n) is 3.28. The third-order valence-corrected chi connectivity index (χ3v) is 3.12. The zero-order chi connectivity index (χ0) is 10.8. The van der Waals surface area contributed by atoms with Gasteiger partial charge in [0.15, 0.2) is 0 Å². The van der Waals surface area contributed by atoms with Gasteiger partial charge in [-0.05, 0) is 25.1 Å². The molecule has 16 heavy (non-hydrogen) atoms. The number of nitrogens with zero attached hydrogens (tertiary/aromatic N) is 2. The molecule has 0 fully saturated rings. The van der Waals surface area contributed by atoms with E-state index in [2.05, 4.69) is 78.8 Å². The zero-order valence-corrected chi connectivity index (χ0v) is 13.5. The Labute approximate surface area is 122 Å². The van der Waals surface area contributed by atoms with Crippen molar-refractivity contribution < 1.29 is 21.5 Å².